The molecule has 5 nitrogen and oxygen atoms in total. The van der Waals surface area contributed by atoms with Crippen molar-refractivity contribution in [3.05, 3.63) is 58.7 Å². The number of nitrogens with zero attached hydrogens (tertiary/aromatic N) is 1. The van der Waals surface area contributed by atoms with Gasteiger partial charge in [0.15, 0.2) is 0 Å². The normalized spacial score (nSPS) is 11.6. The monoisotopic (exact) mass is 402 g/mol. The molecule has 0 saturated carbocycles. The highest BCUT2D eigenvalue weighted by Crippen LogP contribution is 2.25. The summed E-state index contributed by atoms with van der Waals surface area (Å²) in [6.07, 6.45) is 3.61. The Morgan fingerprint density at radius 2 is 1.64 bits per heavy atom. The minimum atomic E-state index is -3.56. The molecule has 0 saturated heterocycles. The second kappa shape index (κ2) is 9.34. The Bertz CT molecular complexity index is 933. The fraction of sp³-hybridized carbons (Fsp3) is 0.409. The summed E-state index contributed by atoms with van der Waals surface area (Å²) in [5.41, 5.74) is 4.42. The van der Waals surface area contributed by atoms with Crippen LogP contribution in [0.15, 0.2) is 41.3 Å². The lowest BCUT2D eigenvalue weighted by Crippen LogP contribution is -2.23. The third-order valence-corrected chi connectivity index (χ3v) is 6.69. The van der Waals surface area contributed by atoms with Crippen LogP contribution in [0, 0.1) is 13.8 Å². The zero-order valence-corrected chi connectivity index (χ0v) is 18.2. The van der Waals surface area contributed by atoms with Crippen molar-refractivity contribution < 1.29 is 13.2 Å². The predicted molar refractivity (Wildman–Crippen MR) is 114 cm³/mol. The van der Waals surface area contributed by atoms with E-state index in [-0.39, 0.29) is 17.2 Å². The van der Waals surface area contributed by atoms with E-state index in [0.717, 1.165) is 36.0 Å². The molecule has 152 valence electrons. The Morgan fingerprint density at radius 1 is 1.04 bits per heavy atom. The summed E-state index contributed by atoms with van der Waals surface area (Å²) in [5, 5.41) is 2.88. The number of unbranched alkanes of at least 4 members (excludes halogenated alkanes) is 1. The maximum Gasteiger partial charge on any atom is 0.242 e. The van der Waals surface area contributed by atoms with E-state index < -0.39 is 10.0 Å². The zero-order valence-electron chi connectivity index (χ0n) is 17.4. The smallest absolute Gasteiger partial charge is 0.242 e. The van der Waals surface area contributed by atoms with E-state index in [1.165, 1.54) is 30.0 Å². The number of rotatable bonds is 8. The number of aryl methyl sites for hydroxylation is 2. The number of carbonyl (C=O) groups is 1. The van der Waals surface area contributed by atoms with Crippen LogP contribution in [0.4, 0.5) is 5.69 Å². The third kappa shape index (κ3) is 5.42. The van der Waals surface area contributed by atoms with Gasteiger partial charge in [0.2, 0.25) is 15.9 Å². The van der Waals surface area contributed by atoms with Crippen LogP contribution in [-0.2, 0) is 27.7 Å². The molecule has 2 rings (SSSR count). The van der Waals surface area contributed by atoms with E-state index in [4.69, 9.17) is 0 Å². The van der Waals surface area contributed by atoms with E-state index in [9.17, 15) is 13.2 Å². The molecule has 0 aliphatic rings. The molecule has 0 bridgehead atoms. The van der Waals surface area contributed by atoms with Gasteiger partial charge in [-0.3, -0.25) is 4.79 Å². The van der Waals surface area contributed by atoms with Crippen LogP contribution in [0.3, 0.4) is 0 Å². The minimum Gasteiger partial charge on any atom is -0.326 e. The number of amides is 1. The quantitative estimate of drug-likeness (QED) is 0.723. The highest BCUT2D eigenvalue weighted by atomic mass is 32.2. The molecule has 0 spiro atoms. The molecule has 6 heteroatoms. The minimum absolute atomic E-state index is 0.164. The highest BCUT2D eigenvalue weighted by Gasteiger charge is 2.20. The van der Waals surface area contributed by atoms with E-state index in [2.05, 4.69) is 24.4 Å². The first-order valence-corrected chi connectivity index (χ1v) is 11.0. The maximum absolute atomic E-state index is 12.5. The molecule has 2 aromatic rings. The standard InChI is InChI=1S/C22H30N2O3S/c1-6-7-8-18-9-11-19(12-10-18)14-22(25)23-21-15-20(13-16(2)17(21)3)28(26,27)24(4)5/h9-13,15H,6-8,14H2,1-5H3,(H,23,25). The Morgan fingerprint density at radius 3 is 2.21 bits per heavy atom. The first kappa shape index (κ1) is 22.1. The molecule has 0 unspecified atom stereocenters. The van der Waals surface area contributed by atoms with Crippen molar-refractivity contribution in [2.24, 2.45) is 0 Å². The van der Waals surface area contributed by atoms with E-state index in [1.807, 2.05) is 26.0 Å². The van der Waals surface area contributed by atoms with Crippen LogP contribution >= 0.6 is 0 Å². The molecular formula is C22H30N2O3S. The van der Waals surface area contributed by atoms with Crippen molar-refractivity contribution in [3.63, 3.8) is 0 Å². The summed E-state index contributed by atoms with van der Waals surface area (Å²) < 4.78 is 26.1. The molecule has 2 aromatic carbocycles. The average molecular weight is 403 g/mol. The number of sulfonamides is 1. The lowest BCUT2D eigenvalue weighted by Gasteiger charge is -2.16. The van der Waals surface area contributed by atoms with Gasteiger partial charge in [-0.05, 0) is 61.1 Å². The first-order valence-electron chi connectivity index (χ1n) is 9.56. The van der Waals surface area contributed by atoms with E-state index in [1.54, 1.807) is 6.07 Å². The lowest BCUT2D eigenvalue weighted by atomic mass is 10.0. The molecule has 1 N–H and O–H groups in total. The molecule has 0 fully saturated rings. The van der Waals surface area contributed by atoms with Crippen molar-refractivity contribution in [1.82, 2.24) is 4.31 Å². The SMILES string of the molecule is CCCCc1ccc(CC(=O)Nc2cc(S(=O)(=O)N(C)C)cc(C)c2C)cc1. The Balaban J connectivity index is 2.16. The third-order valence-electron chi connectivity index (χ3n) is 4.90. The molecular weight excluding hydrogens is 372 g/mol. The Labute approximate surface area is 168 Å². The number of carbonyl (C=O) groups excluding carboxylic acids is 1. The van der Waals surface area contributed by atoms with Crippen LogP contribution in [0.5, 0.6) is 0 Å². The van der Waals surface area contributed by atoms with Crippen molar-refractivity contribution in [2.75, 3.05) is 19.4 Å². The molecule has 0 radical (unpaired) electrons. The number of benzene rings is 2. The van der Waals surface area contributed by atoms with Gasteiger partial charge in [0.25, 0.3) is 0 Å². The number of hydrogen-bond donors (Lipinski definition) is 1. The van der Waals surface area contributed by atoms with Gasteiger partial charge in [0, 0.05) is 19.8 Å². The van der Waals surface area contributed by atoms with Crippen LogP contribution in [0.2, 0.25) is 0 Å². The van der Waals surface area contributed by atoms with Gasteiger partial charge < -0.3 is 5.32 Å². The molecule has 1 amide bonds. The fourth-order valence-electron chi connectivity index (χ4n) is 2.90. The molecule has 28 heavy (non-hydrogen) atoms. The van der Waals surface area contributed by atoms with Crippen molar-refractivity contribution >= 4 is 21.6 Å². The van der Waals surface area contributed by atoms with Gasteiger partial charge in [0.05, 0.1) is 11.3 Å². The van der Waals surface area contributed by atoms with Crippen LogP contribution < -0.4 is 5.32 Å². The van der Waals surface area contributed by atoms with E-state index >= 15 is 0 Å². The highest BCUT2D eigenvalue weighted by molar-refractivity contribution is 7.89. The number of hydrogen-bond acceptors (Lipinski definition) is 3. The van der Waals surface area contributed by atoms with Gasteiger partial charge in [-0.1, -0.05) is 37.6 Å². The summed E-state index contributed by atoms with van der Waals surface area (Å²) in [7, 11) is -0.578. The lowest BCUT2D eigenvalue weighted by molar-refractivity contribution is -0.115. The van der Waals surface area contributed by atoms with Crippen LogP contribution in [-0.4, -0.2) is 32.7 Å². The van der Waals surface area contributed by atoms with Gasteiger partial charge in [-0.15, -0.1) is 0 Å². The second-order valence-corrected chi connectivity index (χ2v) is 9.50. The summed E-state index contributed by atoms with van der Waals surface area (Å²) in [6, 6.07) is 11.3. The molecule has 0 atom stereocenters. The van der Waals surface area contributed by atoms with Crippen LogP contribution in [0.1, 0.15) is 42.0 Å². The van der Waals surface area contributed by atoms with Crippen molar-refractivity contribution in [3.8, 4) is 0 Å². The molecule has 0 aromatic heterocycles. The van der Waals surface area contributed by atoms with Gasteiger partial charge in [-0.2, -0.15) is 0 Å². The largest absolute Gasteiger partial charge is 0.326 e. The average Bonchev–Trinajstić information content (AvgIpc) is 2.64. The molecule has 0 aliphatic carbocycles. The topological polar surface area (TPSA) is 66.5 Å². The summed E-state index contributed by atoms with van der Waals surface area (Å²) >= 11 is 0. The second-order valence-electron chi connectivity index (χ2n) is 7.35. The predicted octanol–water partition coefficient (Wildman–Crippen LogP) is 4.08. The van der Waals surface area contributed by atoms with Crippen molar-refractivity contribution in [1.29, 1.82) is 0 Å². The Kier molecular flexibility index (Phi) is 7.38. The molecule has 0 heterocycles. The summed E-state index contributed by atoms with van der Waals surface area (Å²) in [4.78, 5) is 12.7. The van der Waals surface area contributed by atoms with Gasteiger partial charge in [0.1, 0.15) is 0 Å². The zero-order chi connectivity index (χ0) is 20.9. The number of nitrogens with one attached hydrogen (secondary N) is 1. The summed E-state index contributed by atoms with van der Waals surface area (Å²) in [6.45, 7) is 5.88. The van der Waals surface area contributed by atoms with E-state index in [0.29, 0.717) is 5.69 Å². The van der Waals surface area contributed by atoms with Crippen LogP contribution in [0.25, 0.3) is 0 Å². The maximum atomic E-state index is 12.5. The van der Waals surface area contributed by atoms with Gasteiger partial charge >= 0.3 is 0 Å². The molecule has 0 aliphatic heterocycles. The fourth-order valence-corrected chi connectivity index (χ4v) is 3.91. The summed E-state index contributed by atoms with van der Waals surface area (Å²) in [5.74, 6) is -0.164. The van der Waals surface area contributed by atoms with Crippen molar-refractivity contribution in [2.45, 2.75) is 51.3 Å². The van der Waals surface area contributed by atoms with Gasteiger partial charge in [-0.25, -0.2) is 12.7 Å². The Hall–Kier alpha value is -2.18. The number of anilines is 1. The first-order chi connectivity index (χ1) is 13.1.